The molecular formula is C18H24N6O3. The molecule has 0 atom stereocenters. The number of hydrogen-bond acceptors (Lipinski definition) is 5. The number of nitrogens with one attached hydrogen (secondary N) is 1. The van der Waals surface area contributed by atoms with Crippen molar-refractivity contribution in [2.24, 2.45) is 0 Å². The maximum Gasteiger partial charge on any atom is 0.319 e. The van der Waals surface area contributed by atoms with Crippen LogP contribution in [0, 0.1) is 0 Å². The lowest BCUT2D eigenvalue weighted by molar-refractivity contribution is 0.0949. The molecule has 1 aliphatic heterocycles. The van der Waals surface area contributed by atoms with Crippen LogP contribution in [0.3, 0.4) is 0 Å². The molecule has 3 heterocycles. The summed E-state index contributed by atoms with van der Waals surface area (Å²) in [6, 6.07) is 5.15. The van der Waals surface area contributed by atoms with Gasteiger partial charge in [-0.15, -0.1) is 0 Å². The molecule has 3 amide bonds. The maximum atomic E-state index is 12.3. The van der Waals surface area contributed by atoms with E-state index in [2.05, 4.69) is 15.4 Å². The molecule has 9 nitrogen and oxygen atoms in total. The molecule has 27 heavy (non-hydrogen) atoms. The second kappa shape index (κ2) is 8.07. The molecule has 0 bridgehead atoms. The molecule has 1 aliphatic rings. The molecule has 2 aromatic rings. The lowest BCUT2D eigenvalue weighted by Crippen LogP contribution is -2.38. The molecule has 0 radical (unpaired) electrons. The van der Waals surface area contributed by atoms with Crippen LogP contribution >= 0.6 is 0 Å². The van der Waals surface area contributed by atoms with Crippen LogP contribution in [0.15, 0.2) is 24.4 Å². The molecule has 3 rings (SSSR count). The first-order valence-corrected chi connectivity index (χ1v) is 8.78. The first-order chi connectivity index (χ1) is 13.0. The van der Waals surface area contributed by atoms with Crippen molar-refractivity contribution in [3.05, 3.63) is 41.3 Å². The molecule has 0 unspecified atom stereocenters. The number of carbonyl (C=O) groups is 2. The van der Waals surface area contributed by atoms with Gasteiger partial charge >= 0.3 is 6.03 Å². The van der Waals surface area contributed by atoms with Gasteiger partial charge in [-0.05, 0) is 18.6 Å². The standard InChI is InChI=1S/C18H24N6O3/c1-22(2)18(26)23-7-4-8-24-15(12-23)10-14(21-24)11-20-17(25)13-5-6-19-16(9-13)27-3/h5-6,9-10H,4,7-8,11-12H2,1-3H3,(H,20,25). The first-order valence-electron chi connectivity index (χ1n) is 8.78. The Labute approximate surface area is 157 Å². The minimum atomic E-state index is -0.219. The average molecular weight is 372 g/mol. The van der Waals surface area contributed by atoms with E-state index in [0.717, 1.165) is 24.4 Å². The summed E-state index contributed by atoms with van der Waals surface area (Å²) in [6.07, 6.45) is 2.37. The Morgan fingerprint density at radius 3 is 2.85 bits per heavy atom. The van der Waals surface area contributed by atoms with Gasteiger partial charge in [0.15, 0.2) is 0 Å². The van der Waals surface area contributed by atoms with Crippen LogP contribution in [0.2, 0.25) is 0 Å². The largest absolute Gasteiger partial charge is 0.481 e. The quantitative estimate of drug-likeness (QED) is 0.868. The molecule has 0 spiro atoms. The van der Waals surface area contributed by atoms with Crippen LogP contribution in [0.1, 0.15) is 28.2 Å². The predicted molar refractivity (Wildman–Crippen MR) is 98.3 cm³/mol. The number of methoxy groups -OCH3 is 1. The van der Waals surface area contributed by atoms with Crippen molar-refractivity contribution in [2.45, 2.75) is 26.1 Å². The lowest BCUT2D eigenvalue weighted by Gasteiger charge is -2.23. The number of fused-ring (bicyclic) bond motifs is 1. The van der Waals surface area contributed by atoms with E-state index >= 15 is 0 Å². The highest BCUT2D eigenvalue weighted by Crippen LogP contribution is 2.15. The molecule has 144 valence electrons. The van der Waals surface area contributed by atoms with E-state index in [4.69, 9.17) is 4.74 Å². The molecule has 0 aliphatic carbocycles. The third kappa shape index (κ3) is 4.36. The summed E-state index contributed by atoms with van der Waals surface area (Å²) >= 11 is 0. The zero-order valence-electron chi connectivity index (χ0n) is 15.8. The van der Waals surface area contributed by atoms with Gasteiger partial charge in [-0.3, -0.25) is 9.48 Å². The second-order valence-corrected chi connectivity index (χ2v) is 6.57. The van der Waals surface area contributed by atoms with Crippen molar-refractivity contribution >= 4 is 11.9 Å². The highest BCUT2D eigenvalue weighted by molar-refractivity contribution is 5.94. The van der Waals surface area contributed by atoms with Crippen molar-refractivity contribution in [1.82, 2.24) is 29.9 Å². The zero-order chi connectivity index (χ0) is 19.4. The molecule has 0 saturated carbocycles. The number of ether oxygens (including phenoxy) is 1. The topological polar surface area (TPSA) is 92.6 Å². The summed E-state index contributed by atoms with van der Waals surface area (Å²) in [5.41, 5.74) is 2.21. The number of aryl methyl sites for hydroxylation is 1. The van der Waals surface area contributed by atoms with Gasteiger partial charge in [-0.25, -0.2) is 9.78 Å². The van der Waals surface area contributed by atoms with E-state index in [1.54, 1.807) is 31.1 Å². The van der Waals surface area contributed by atoms with Crippen molar-refractivity contribution in [3.8, 4) is 5.88 Å². The second-order valence-electron chi connectivity index (χ2n) is 6.57. The van der Waals surface area contributed by atoms with Gasteiger partial charge in [-0.2, -0.15) is 5.10 Å². The average Bonchev–Trinajstić information content (AvgIpc) is 2.95. The van der Waals surface area contributed by atoms with Gasteiger partial charge in [0.05, 0.1) is 31.6 Å². The SMILES string of the molecule is COc1cc(C(=O)NCc2cc3n(n2)CCCN(C(=O)N(C)C)C3)ccn1. The van der Waals surface area contributed by atoms with Crippen LogP contribution in [0.4, 0.5) is 4.79 Å². The Balaban J connectivity index is 1.65. The minimum Gasteiger partial charge on any atom is -0.481 e. The Morgan fingerprint density at radius 2 is 2.11 bits per heavy atom. The number of pyridine rings is 1. The molecule has 9 heteroatoms. The number of amides is 3. The number of nitrogens with zero attached hydrogens (tertiary/aromatic N) is 5. The third-order valence-electron chi connectivity index (χ3n) is 4.35. The van der Waals surface area contributed by atoms with Crippen LogP contribution < -0.4 is 10.1 Å². The summed E-state index contributed by atoms with van der Waals surface area (Å²) < 4.78 is 6.96. The summed E-state index contributed by atoms with van der Waals surface area (Å²) in [6.45, 7) is 2.28. The first kappa shape index (κ1) is 18.7. The van der Waals surface area contributed by atoms with Crippen molar-refractivity contribution in [1.29, 1.82) is 0 Å². The Bertz CT molecular complexity index is 832. The van der Waals surface area contributed by atoms with Crippen molar-refractivity contribution < 1.29 is 14.3 Å². The van der Waals surface area contributed by atoms with Gasteiger partial charge in [0.2, 0.25) is 5.88 Å². The summed E-state index contributed by atoms with van der Waals surface area (Å²) in [5.74, 6) is 0.172. The molecular weight excluding hydrogens is 348 g/mol. The summed E-state index contributed by atoms with van der Waals surface area (Å²) in [5, 5.41) is 7.42. The van der Waals surface area contributed by atoms with E-state index in [1.807, 2.05) is 15.6 Å². The fourth-order valence-corrected chi connectivity index (χ4v) is 2.99. The van der Waals surface area contributed by atoms with Crippen LogP contribution in [0.5, 0.6) is 5.88 Å². The van der Waals surface area contributed by atoms with Crippen molar-refractivity contribution in [3.63, 3.8) is 0 Å². The normalized spacial score (nSPS) is 13.5. The predicted octanol–water partition coefficient (Wildman–Crippen LogP) is 1.10. The third-order valence-corrected chi connectivity index (χ3v) is 4.35. The van der Waals surface area contributed by atoms with Gasteiger partial charge in [0.1, 0.15) is 0 Å². The Kier molecular flexibility index (Phi) is 5.58. The maximum absolute atomic E-state index is 12.3. The highest BCUT2D eigenvalue weighted by atomic mass is 16.5. The number of aromatic nitrogens is 3. The summed E-state index contributed by atoms with van der Waals surface area (Å²) in [7, 11) is 5.01. The van der Waals surface area contributed by atoms with E-state index in [-0.39, 0.29) is 11.9 Å². The fourth-order valence-electron chi connectivity index (χ4n) is 2.99. The molecule has 0 fully saturated rings. The minimum absolute atomic E-state index is 0.00821. The molecule has 0 saturated heterocycles. The number of carbonyl (C=O) groups excluding carboxylic acids is 2. The Morgan fingerprint density at radius 1 is 1.30 bits per heavy atom. The Hall–Kier alpha value is -3.10. The van der Waals surface area contributed by atoms with Gasteiger partial charge in [-0.1, -0.05) is 0 Å². The van der Waals surface area contributed by atoms with Gasteiger partial charge in [0, 0.05) is 45.0 Å². The smallest absolute Gasteiger partial charge is 0.319 e. The highest BCUT2D eigenvalue weighted by Gasteiger charge is 2.21. The van der Waals surface area contributed by atoms with E-state index in [0.29, 0.717) is 31.1 Å². The summed E-state index contributed by atoms with van der Waals surface area (Å²) in [4.78, 5) is 31.9. The number of urea groups is 1. The fraction of sp³-hybridized carbons (Fsp3) is 0.444. The molecule has 1 N–H and O–H groups in total. The van der Waals surface area contributed by atoms with E-state index in [9.17, 15) is 9.59 Å². The number of hydrogen-bond donors (Lipinski definition) is 1. The van der Waals surface area contributed by atoms with Crippen LogP contribution in [-0.4, -0.2) is 64.3 Å². The van der Waals surface area contributed by atoms with Crippen LogP contribution in [-0.2, 0) is 19.6 Å². The monoisotopic (exact) mass is 372 g/mol. The van der Waals surface area contributed by atoms with Gasteiger partial charge < -0.3 is 19.9 Å². The van der Waals surface area contributed by atoms with Gasteiger partial charge in [0.25, 0.3) is 5.91 Å². The van der Waals surface area contributed by atoms with Crippen LogP contribution in [0.25, 0.3) is 0 Å². The van der Waals surface area contributed by atoms with E-state index in [1.165, 1.54) is 13.3 Å². The lowest BCUT2D eigenvalue weighted by atomic mass is 10.2. The van der Waals surface area contributed by atoms with Crippen molar-refractivity contribution in [2.75, 3.05) is 27.7 Å². The zero-order valence-corrected chi connectivity index (χ0v) is 15.8. The molecule has 0 aromatic carbocycles. The molecule has 2 aromatic heterocycles. The van der Waals surface area contributed by atoms with E-state index < -0.39 is 0 Å². The number of rotatable bonds is 4.